The van der Waals surface area contributed by atoms with Gasteiger partial charge in [-0.15, -0.1) is 11.3 Å². The van der Waals surface area contributed by atoms with Gasteiger partial charge in [-0.05, 0) is 22.0 Å². The number of thiazole rings is 1. The average Bonchev–Trinajstić information content (AvgIpc) is 2.85. The van der Waals surface area contributed by atoms with Crippen LogP contribution < -0.4 is 5.32 Å². The van der Waals surface area contributed by atoms with Crippen molar-refractivity contribution < 1.29 is 4.79 Å². The lowest BCUT2D eigenvalue weighted by molar-refractivity contribution is 0.0954. The van der Waals surface area contributed by atoms with E-state index in [1.54, 1.807) is 17.8 Å². The van der Waals surface area contributed by atoms with Crippen molar-refractivity contribution in [3.05, 3.63) is 44.0 Å². The van der Waals surface area contributed by atoms with Gasteiger partial charge in [0.25, 0.3) is 5.91 Å². The van der Waals surface area contributed by atoms with Crippen molar-refractivity contribution in [2.45, 2.75) is 6.42 Å². The lowest BCUT2D eigenvalue weighted by Gasteiger charge is -2.05. The van der Waals surface area contributed by atoms with Gasteiger partial charge in [0.15, 0.2) is 0 Å². The first-order valence-electron chi connectivity index (χ1n) is 5.13. The van der Waals surface area contributed by atoms with Gasteiger partial charge in [-0.3, -0.25) is 4.79 Å². The Bertz CT molecular complexity index is 547. The lowest BCUT2D eigenvalue weighted by Crippen LogP contribution is -2.26. The maximum absolute atomic E-state index is 11.9. The Labute approximate surface area is 122 Å². The van der Waals surface area contributed by atoms with E-state index in [9.17, 15) is 4.79 Å². The second kappa shape index (κ2) is 6.26. The highest BCUT2D eigenvalue weighted by Crippen LogP contribution is 2.17. The van der Waals surface area contributed by atoms with E-state index in [0.717, 1.165) is 10.2 Å². The van der Waals surface area contributed by atoms with Crippen LogP contribution in [0.15, 0.2) is 27.6 Å². The van der Waals surface area contributed by atoms with Crippen molar-refractivity contribution in [1.82, 2.24) is 15.3 Å². The van der Waals surface area contributed by atoms with Crippen molar-refractivity contribution in [2.75, 3.05) is 6.54 Å². The Morgan fingerprint density at radius 1 is 1.50 bits per heavy atom. The molecule has 0 aliphatic carbocycles. The summed E-state index contributed by atoms with van der Waals surface area (Å²) in [5, 5.41) is 4.94. The molecule has 18 heavy (non-hydrogen) atoms. The normalized spacial score (nSPS) is 10.3. The molecule has 1 amide bonds. The van der Waals surface area contributed by atoms with Crippen LogP contribution in [0.25, 0.3) is 0 Å². The molecule has 0 fully saturated rings. The van der Waals surface area contributed by atoms with Gasteiger partial charge >= 0.3 is 0 Å². The first kappa shape index (κ1) is 13.5. The molecule has 1 N–H and O–H groups in total. The molecule has 2 heterocycles. The molecule has 0 saturated carbocycles. The van der Waals surface area contributed by atoms with E-state index in [2.05, 4.69) is 31.2 Å². The van der Waals surface area contributed by atoms with Gasteiger partial charge in [0.05, 0.1) is 16.8 Å². The van der Waals surface area contributed by atoms with Gasteiger partial charge in [-0.2, -0.15) is 0 Å². The number of nitrogens with zero attached hydrogens (tertiary/aromatic N) is 2. The van der Waals surface area contributed by atoms with E-state index >= 15 is 0 Å². The van der Waals surface area contributed by atoms with E-state index in [-0.39, 0.29) is 11.1 Å². The Balaban J connectivity index is 1.93. The molecule has 2 aromatic rings. The lowest BCUT2D eigenvalue weighted by atomic mass is 10.2. The van der Waals surface area contributed by atoms with Crippen LogP contribution in [0.2, 0.25) is 5.15 Å². The van der Waals surface area contributed by atoms with Crippen LogP contribution >= 0.6 is 38.9 Å². The summed E-state index contributed by atoms with van der Waals surface area (Å²) in [6.07, 6.45) is 2.25. The van der Waals surface area contributed by atoms with Gasteiger partial charge in [-0.1, -0.05) is 11.6 Å². The second-order valence-corrected chi connectivity index (χ2v) is 5.47. The van der Waals surface area contributed by atoms with Crippen molar-refractivity contribution >= 4 is 44.8 Å². The summed E-state index contributed by atoms with van der Waals surface area (Å²) < 4.78 is 0.719. The number of nitrogens with one attached hydrogen (secondary N) is 1. The average molecular weight is 347 g/mol. The van der Waals surface area contributed by atoms with Gasteiger partial charge < -0.3 is 5.32 Å². The summed E-state index contributed by atoms with van der Waals surface area (Å²) >= 11 is 10.7. The molecule has 0 bridgehead atoms. The number of hydrogen-bond donors (Lipinski definition) is 1. The minimum Gasteiger partial charge on any atom is -0.352 e. The summed E-state index contributed by atoms with van der Waals surface area (Å²) in [4.78, 5) is 19.9. The zero-order chi connectivity index (χ0) is 13.0. The summed E-state index contributed by atoms with van der Waals surface area (Å²) in [5.41, 5.74) is 3.11. The number of hydrogen-bond acceptors (Lipinski definition) is 4. The summed E-state index contributed by atoms with van der Waals surface area (Å²) in [5.74, 6) is -0.232. The Kier molecular flexibility index (Phi) is 4.68. The van der Waals surface area contributed by atoms with Gasteiger partial charge in [0.1, 0.15) is 5.15 Å². The van der Waals surface area contributed by atoms with Gasteiger partial charge in [-0.25, -0.2) is 9.97 Å². The standard InChI is InChI=1S/C11H9BrClN3OS/c12-7-3-9(10(13)15-4-7)11(17)14-2-1-8-5-18-6-16-8/h3-6H,1-2H2,(H,14,17). The van der Waals surface area contributed by atoms with Crippen LogP contribution in [0, 0.1) is 0 Å². The van der Waals surface area contributed by atoms with Crippen molar-refractivity contribution in [3.63, 3.8) is 0 Å². The molecule has 0 aliphatic rings. The van der Waals surface area contributed by atoms with Crippen LogP contribution in [0.4, 0.5) is 0 Å². The zero-order valence-electron chi connectivity index (χ0n) is 9.19. The smallest absolute Gasteiger partial charge is 0.254 e. The zero-order valence-corrected chi connectivity index (χ0v) is 12.3. The molecule has 0 aliphatic heterocycles. The highest BCUT2D eigenvalue weighted by Gasteiger charge is 2.11. The van der Waals surface area contributed by atoms with E-state index in [0.29, 0.717) is 18.5 Å². The Morgan fingerprint density at radius 3 is 3.06 bits per heavy atom. The molecule has 2 aromatic heterocycles. The van der Waals surface area contributed by atoms with E-state index in [1.165, 1.54) is 11.3 Å². The van der Waals surface area contributed by atoms with Crippen molar-refractivity contribution in [1.29, 1.82) is 0 Å². The predicted octanol–water partition coefficient (Wildman–Crippen LogP) is 2.93. The highest BCUT2D eigenvalue weighted by molar-refractivity contribution is 9.10. The summed E-state index contributed by atoms with van der Waals surface area (Å²) in [7, 11) is 0. The Hall–Kier alpha value is -0.980. The maximum atomic E-state index is 11.9. The van der Waals surface area contributed by atoms with Crippen LogP contribution in [0.1, 0.15) is 16.1 Å². The number of carbonyl (C=O) groups excluding carboxylic acids is 1. The van der Waals surface area contributed by atoms with Crippen LogP contribution in [-0.4, -0.2) is 22.4 Å². The first-order chi connectivity index (χ1) is 8.66. The van der Waals surface area contributed by atoms with Crippen molar-refractivity contribution in [2.24, 2.45) is 0 Å². The topological polar surface area (TPSA) is 54.9 Å². The fraction of sp³-hybridized carbons (Fsp3) is 0.182. The van der Waals surface area contributed by atoms with Crippen LogP contribution in [0.3, 0.4) is 0 Å². The minimum atomic E-state index is -0.232. The number of carbonyl (C=O) groups is 1. The third-order valence-corrected chi connectivity index (χ3v) is 3.57. The van der Waals surface area contributed by atoms with E-state index in [4.69, 9.17) is 11.6 Å². The molecule has 4 nitrogen and oxygen atoms in total. The van der Waals surface area contributed by atoms with Gasteiger partial charge in [0.2, 0.25) is 0 Å². The SMILES string of the molecule is O=C(NCCc1cscn1)c1cc(Br)cnc1Cl. The number of aromatic nitrogens is 2. The summed E-state index contributed by atoms with van der Waals surface area (Å²) in [6.45, 7) is 0.519. The fourth-order valence-electron chi connectivity index (χ4n) is 1.34. The number of rotatable bonds is 4. The maximum Gasteiger partial charge on any atom is 0.254 e. The molecule has 0 spiro atoms. The molecule has 0 unspecified atom stereocenters. The molecule has 2 rings (SSSR count). The largest absolute Gasteiger partial charge is 0.352 e. The molecule has 0 radical (unpaired) electrons. The monoisotopic (exact) mass is 345 g/mol. The van der Waals surface area contributed by atoms with Crippen molar-refractivity contribution in [3.8, 4) is 0 Å². The van der Waals surface area contributed by atoms with E-state index in [1.807, 2.05) is 5.38 Å². The Morgan fingerprint density at radius 2 is 2.33 bits per heavy atom. The third kappa shape index (κ3) is 3.51. The minimum absolute atomic E-state index is 0.198. The molecular weight excluding hydrogens is 338 g/mol. The first-order valence-corrected chi connectivity index (χ1v) is 7.24. The second-order valence-electron chi connectivity index (χ2n) is 3.48. The fourth-order valence-corrected chi connectivity index (χ4v) is 2.46. The number of amides is 1. The summed E-state index contributed by atoms with van der Waals surface area (Å²) in [6, 6.07) is 1.65. The van der Waals surface area contributed by atoms with Gasteiger partial charge in [0, 0.05) is 29.0 Å². The molecule has 0 aromatic carbocycles. The molecule has 94 valence electrons. The van der Waals surface area contributed by atoms with Crippen LogP contribution in [0.5, 0.6) is 0 Å². The van der Waals surface area contributed by atoms with E-state index < -0.39 is 0 Å². The molecular formula is C11H9BrClN3OS. The molecule has 0 atom stereocenters. The number of halogens is 2. The molecule has 7 heteroatoms. The van der Waals surface area contributed by atoms with Crippen LogP contribution in [-0.2, 0) is 6.42 Å². The number of pyridine rings is 1. The molecule has 0 saturated heterocycles. The highest BCUT2D eigenvalue weighted by atomic mass is 79.9. The predicted molar refractivity (Wildman–Crippen MR) is 75.1 cm³/mol. The quantitative estimate of drug-likeness (QED) is 0.866. The third-order valence-electron chi connectivity index (χ3n) is 2.20.